The van der Waals surface area contributed by atoms with Crippen LogP contribution < -0.4 is 15.5 Å². The van der Waals surface area contributed by atoms with Crippen LogP contribution >= 0.6 is 11.6 Å². The lowest BCUT2D eigenvalue weighted by Gasteiger charge is -2.32. The minimum Gasteiger partial charge on any atom is -0.366 e. The Bertz CT molecular complexity index is 1190. The summed E-state index contributed by atoms with van der Waals surface area (Å²) in [7, 11) is 0. The third-order valence-electron chi connectivity index (χ3n) is 6.46. The lowest BCUT2D eigenvalue weighted by Crippen LogP contribution is -2.34. The summed E-state index contributed by atoms with van der Waals surface area (Å²) in [5.74, 6) is -0.123. The van der Waals surface area contributed by atoms with Crippen molar-refractivity contribution in [2.45, 2.75) is 33.2 Å². The number of hydrogen-bond donors (Lipinski definition) is 2. The summed E-state index contributed by atoms with van der Waals surface area (Å²) in [6, 6.07) is 24.1. The van der Waals surface area contributed by atoms with Gasteiger partial charge in [0.15, 0.2) is 0 Å². The summed E-state index contributed by atoms with van der Waals surface area (Å²) >= 11 is 5.98. The zero-order valence-electron chi connectivity index (χ0n) is 20.3. The second-order valence-electron chi connectivity index (χ2n) is 9.64. The fourth-order valence-corrected chi connectivity index (χ4v) is 4.32. The van der Waals surface area contributed by atoms with Crippen molar-refractivity contribution in [3.05, 3.63) is 95.1 Å². The highest BCUT2D eigenvalue weighted by Gasteiger charge is 2.27. The molecule has 182 valence electrons. The normalized spacial score (nSPS) is 13.2. The molecule has 1 aliphatic heterocycles. The topological polar surface area (TPSA) is 61.4 Å². The molecule has 35 heavy (non-hydrogen) atoms. The first-order valence-corrected chi connectivity index (χ1v) is 12.6. The maximum Gasteiger partial charge on any atom is 0.253 e. The van der Waals surface area contributed by atoms with Gasteiger partial charge in [0, 0.05) is 36.9 Å². The van der Waals surface area contributed by atoms with E-state index in [1.54, 1.807) is 19.9 Å². The van der Waals surface area contributed by atoms with Crippen molar-refractivity contribution in [2.75, 3.05) is 29.2 Å². The first-order chi connectivity index (χ1) is 16.9. The predicted molar refractivity (Wildman–Crippen MR) is 143 cm³/mol. The van der Waals surface area contributed by atoms with E-state index in [1.165, 1.54) is 16.7 Å². The van der Waals surface area contributed by atoms with Crippen LogP contribution in [0.3, 0.4) is 0 Å². The molecule has 0 saturated heterocycles. The number of halogens is 1. The highest BCUT2D eigenvalue weighted by Crippen LogP contribution is 2.30. The summed E-state index contributed by atoms with van der Waals surface area (Å²) in [6.45, 7) is 5.69. The number of anilines is 2. The number of benzene rings is 3. The molecule has 0 spiro atoms. The Morgan fingerprint density at radius 2 is 1.69 bits per heavy atom. The molecular weight excluding hydrogens is 458 g/mol. The maximum absolute atomic E-state index is 13.4. The van der Waals surface area contributed by atoms with E-state index in [-0.39, 0.29) is 17.7 Å². The molecule has 4 rings (SSSR count). The molecule has 0 aliphatic carbocycles. The zero-order chi connectivity index (χ0) is 24.8. The highest BCUT2D eigenvalue weighted by atomic mass is 35.5. The first-order valence-electron chi connectivity index (χ1n) is 12.0. The van der Waals surface area contributed by atoms with E-state index in [0.717, 1.165) is 31.6 Å². The average molecular weight is 490 g/mol. The summed E-state index contributed by atoms with van der Waals surface area (Å²) in [5.41, 5.74) is 5.09. The number of nitrogens with one attached hydrogen (secondary N) is 2. The fourth-order valence-electron chi connectivity index (χ4n) is 4.19. The lowest BCUT2D eigenvalue weighted by molar-refractivity contribution is -0.122. The van der Waals surface area contributed by atoms with Crippen molar-refractivity contribution < 1.29 is 9.59 Å². The molecule has 2 N–H and O–H groups in total. The van der Waals surface area contributed by atoms with Gasteiger partial charge >= 0.3 is 0 Å². The molecule has 0 unspecified atom stereocenters. The van der Waals surface area contributed by atoms with Gasteiger partial charge in [0.05, 0.1) is 11.0 Å². The Morgan fingerprint density at radius 1 is 0.971 bits per heavy atom. The smallest absolute Gasteiger partial charge is 0.253 e. The van der Waals surface area contributed by atoms with Gasteiger partial charge in [-0.3, -0.25) is 9.59 Å². The van der Waals surface area contributed by atoms with Crippen LogP contribution in [0.25, 0.3) is 0 Å². The molecule has 0 bridgehead atoms. The molecule has 0 atom stereocenters. The SMILES string of the molecule is CC(C)(CCl)C(=O)Nc1ccc(N2CCc3ccccc3C2)c(C(=O)NCCc2ccccc2)c1. The van der Waals surface area contributed by atoms with Gasteiger partial charge < -0.3 is 15.5 Å². The summed E-state index contributed by atoms with van der Waals surface area (Å²) in [4.78, 5) is 28.3. The Morgan fingerprint density at radius 3 is 2.43 bits per heavy atom. The van der Waals surface area contributed by atoms with Gasteiger partial charge in [0.25, 0.3) is 5.91 Å². The van der Waals surface area contributed by atoms with Crippen molar-refractivity contribution in [2.24, 2.45) is 5.41 Å². The van der Waals surface area contributed by atoms with Crippen molar-refractivity contribution in [3.63, 3.8) is 0 Å². The van der Waals surface area contributed by atoms with Gasteiger partial charge in [-0.05, 0) is 61.6 Å². The van der Waals surface area contributed by atoms with E-state index in [0.29, 0.717) is 17.8 Å². The van der Waals surface area contributed by atoms with E-state index < -0.39 is 5.41 Å². The van der Waals surface area contributed by atoms with Gasteiger partial charge in [0.1, 0.15) is 0 Å². The molecule has 1 heterocycles. The number of alkyl halides is 1. The van der Waals surface area contributed by atoms with Crippen LogP contribution in [0.5, 0.6) is 0 Å². The molecule has 0 radical (unpaired) electrons. The molecule has 3 aromatic carbocycles. The summed E-state index contributed by atoms with van der Waals surface area (Å²) < 4.78 is 0. The third kappa shape index (κ3) is 6.04. The fraction of sp³-hybridized carbons (Fsp3) is 0.310. The van der Waals surface area contributed by atoms with Crippen LogP contribution in [-0.4, -0.2) is 30.8 Å². The van der Waals surface area contributed by atoms with Gasteiger partial charge in [-0.1, -0.05) is 54.6 Å². The first kappa shape index (κ1) is 24.8. The van der Waals surface area contributed by atoms with Gasteiger partial charge in [-0.25, -0.2) is 0 Å². The zero-order valence-corrected chi connectivity index (χ0v) is 21.1. The molecule has 3 aromatic rings. The molecule has 0 aromatic heterocycles. The molecule has 5 nitrogen and oxygen atoms in total. The molecule has 0 fully saturated rings. The van der Waals surface area contributed by atoms with Crippen LogP contribution in [-0.2, 0) is 24.2 Å². The number of fused-ring (bicyclic) bond motifs is 1. The van der Waals surface area contributed by atoms with Crippen molar-refractivity contribution >= 4 is 34.8 Å². The Kier molecular flexibility index (Phi) is 7.76. The number of carbonyl (C=O) groups is 2. The number of amides is 2. The number of rotatable bonds is 8. The monoisotopic (exact) mass is 489 g/mol. The number of carbonyl (C=O) groups excluding carboxylic acids is 2. The van der Waals surface area contributed by atoms with Crippen LogP contribution in [0.2, 0.25) is 0 Å². The standard InChI is InChI=1S/C29H32ClN3O2/c1-29(2,20-30)28(35)32-24-12-13-26(33-17-15-22-10-6-7-11-23(22)19-33)25(18-24)27(34)31-16-14-21-8-4-3-5-9-21/h3-13,18H,14-17,19-20H2,1-2H3,(H,31,34)(H,32,35). The quantitative estimate of drug-likeness (QED) is 0.415. The van der Waals surface area contributed by atoms with E-state index in [4.69, 9.17) is 11.6 Å². The second kappa shape index (κ2) is 11.0. The van der Waals surface area contributed by atoms with Crippen LogP contribution in [0, 0.1) is 5.41 Å². The minimum absolute atomic E-state index is 0.150. The Balaban J connectivity index is 1.57. The lowest BCUT2D eigenvalue weighted by atomic mass is 9.95. The maximum atomic E-state index is 13.4. The van der Waals surface area contributed by atoms with Gasteiger partial charge in [-0.15, -0.1) is 11.6 Å². The van der Waals surface area contributed by atoms with E-state index in [9.17, 15) is 9.59 Å². The van der Waals surface area contributed by atoms with E-state index >= 15 is 0 Å². The molecule has 2 amide bonds. The molecule has 1 aliphatic rings. The molecule has 6 heteroatoms. The van der Waals surface area contributed by atoms with E-state index in [2.05, 4.69) is 51.9 Å². The number of hydrogen-bond acceptors (Lipinski definition) is 3. The largest absolute Gasteiger partial charge is 0.366 e. The Hall–Kier alpha value is -3.31. The van der Waals surface area contributed by atoms with Gasteiger partial charge in [-0.2, -0.15) is 0 Å². The van der Waals surface area contributed by atoms with Gasteiger partial charge in [0.2, 0.25) is 5.91 Å². The minimum atomic E-state index is -0.713. The Labute approximate surface area is 212 Å². The van der Waals surface area contributed by atoms with Crippen molar-refractivity contribution in [1.29, 1.82) is 0 Å². The summed E-state index contributed by atoms with van der Waals surface area (Å²) in [6.07, 6.45) is 1.67. The molecule has 0 saturated carbocycles. The van der Waals surface area contributed by atoms with E-state index in [1.807, 2.05) is 30.3 Å². The van der Waals surface area contributed by atoms with Crippen LogP contribution in [0.1, 0.15) is 40.9 Å². The molecular formula is C29H32ClN3O2. The third-order valence-corrected chi connectivity index (χ3v) is 7.13. The van der Waals surface area contributed by atoms with Crippen LogP contribution in [0.4, 0.5) is 11.4 Å². The second-order valence-corrected chi connectivity index (χ2v) is 9.90. The van der Waals surface area contributed by atoms with Crippen molar-refractivity contribution in [1.82, 2.24) is 5.32 Å². The van der Waals surface area contributed by atoms with Crippen LogP contribution in [0.15, 0.2) is 72.8 Å². The average Bonchev–Trinajstić information content (AvgIpc) is 2.89. The van der Waals surface area contributed by atoms with Crippen molar-refractivity contribution in [3.8, 4) is 0 Å². The number of nitrogens with zero attached hydrogens (tertiary/aromatic N) is 1. The summed E-state index contributed by atoms with van der Waals surface area (Å²) in [5, 5.41) is 6.00. The highest BCUT2D eigenvalue weighted by molar-refractivity contribution is 6.20. The predicted octanol–water partition coefficient (Wildman–Crippen LogP) is 5.43.